The lowest BCUT2D eigenvalue weighted by molar-refractivity contribution is -0.127. The van der Waals surface area contributed by atoms with Gasteiger partial charge in [-0.3, -0.25) is 9.36 Å². The van der Waals surface area contributed by atoms with Crippen molar-refractivity contribution >= 4 is 52.0 Å². The first-order valence-electron chi connectivity index (χ1n) is 12.8. The van der Waals surface area contributed by atoms with Crippen LogP contribution in [0.25, 0.3) is 28.2 Å². The molecule has 1 aliphatic rings. The molecule has 2 aromatic heterocycles. The number of aromatic nitrogens is 4. The Morgan fingerprint density at radius 3 is 2.41 bits per heavy atom. The minimum absolute atomic E-state index is 0.275. The number of piperidine rings is 1. The molecule has 0 spiro atoms. The fraction of sp³-hybridized carbons (Fsp3) is 0.357. The van der Waals surface area contributed by atoms with Gasteiger partial charge < -0.3 is 20.3 Å². The number of ether oxygens (including phenoxy) is 1. The lowest BCUT2D eigenvalue weighted by Crippen LogP contribution is -2.45. The number of nitrogens with zero attached hydrogens (tertiary/aromatic N) is 6. The highest BCUT2D eigenvalue weighted by Gasteiger charge is 2.37. The van der Waals surface area contributed by atoms with Crippen molar-refractivity contribution in [1.29, 1.82) is 0 Å². The number of likely N-dealkylation sites (N-methyl/N-ethyl adjacent to an activating group) is 1. The number of carbonyl (C=O) groups excluding carboxylic acids is 1. The van der Waals surface area contributed by atoms with Crippen LogP contribution in [0.3, 0.4) is 0 Å². The second-order valence-electron chi connectivity index (χ2n) is 10.1. The molecule has 204 valence electrons. The van der Waals surface area contributed by atoms with Gasteiger partial charge in [-0.05, 0) is 49.2 Å². The number of primary amides is 1. The topological polar surface area (TPSA) is 102 Å². The Kier molecular flexibility index (Phi) is 7.66. The number of hydrogen-bond acceptors (Lipinski definition) is 7. The van der Waals surface area contributed by atoms with E-state index in [1.807, 2.05) is 72.0 Å². The fourth-order valence-corrected chi connectivity index (χ4v) is 5.11. The Bertz CT molecular complexity index is 1500. The van der Waals surface area contributed by atoms with Crippen molar-refractivity contribution in [2.45, 2.75) is 19.8 Å². The summed E-state index contributed by atoms with van der Waals surface area (Å²) in [5, 5.41) is 1.20. The first-order valence-corrected chi connectivity index (χ1v) is 13.5. The number of rotatable bonds is 8. The van der Waals surface area contributed by atoms with E-state index in [0.29, 0.717) is 77.9 Å². The number of fused-ring (bicyclic) bond motifs is 1. The van der Waals surface area contributed by atoms with Crippen LogP contribution in [-0.2, 0) is 9.53 Å². The summed E-state index contributed by atoms with van der Waals surface area (Å²) in [5.74, 6) is 1.61. The predicted molar refractivity (Wildman–Crippen MR) is 156 cm³/mol. The number of methoxy groups -OCH3 is 1. The summed E-state index contributed by atoms with van der Waals surface area (Å²) in [6.45, 7) is 4.28. The van der Waals surface area contributed by atoms with E-state index in [-0.39, 0.29) is 5.91 Å². The standard InChI is InChI=1S/C28H31Cl2N7O2/c1-28(26(31)38)12-14-36(15-13-28)24-22-25(34-27(33-24)35(2)16-17-39-3)37(19-10-8-18(29)9-11-19)23(32-22)20-6-4-5-7-21(20)30/h4-11H,12-17H2,1-3H3,(H2,31,38). The molecule has 0 unspecified atom stereocenters. The van der Waals surface area contributed by atoms with Crippen LogP contribution in [0.15, 0.2) is 48.5 Å². The monoisotopic (exact) mass is 567 g/mol. The Morgan fingerprint density at radius 2 is 1.77 bits per heavy atom. The summed E-state index contributed by atoms with van der Waals surface area (Å²) in [5.41, 5.74) is 8.07. The van der Waals surface area contributed by atoms with Crippen LogP contribution in [-0.4, -0.2) is 65.8 Å². The van der Waals surface area contributed by atoms with Gasteiger partial charge in [0.2, 0.25) is 11.9 Å². The number of carbonyl (C=O) groups is 1. The lowest BCUT2D eigenvalue weighted by atomic mass is 9.80. The minimum Gasteiger partial charge on any atom is -0.383 e. The van der Waals surface area contributed by atoms with Gasteiger partial charge in [0.25, 0.3) is 0 Å². The molecule has 0 atom stereocenters. The van der Waals surface area contributed by atoms with E-state index < -0.39 is 5.41 Å². The maximum atomic E-state index is 12.1. The van der Waals surface area contributed by atoms with E-state index >= 15 is 0 Å². The highest BCUT2D eigenvalue weighted by atomic mass is 35.5. The van der Waals surface area contributed by atoms with Crippen LogP contribution in [0.1, 0.15) is 19.8 Å². The number of nitrogens with two attached hydrogens (primary N) is 1. The first kappa shape index (κ1) is 27.2. The molecule has 4 aromatic rings. The molecule has 0 radical (unpaired) electrons. The van der Waals surface area contributed by atoms with E-state index in [4.69, 9.17) is 48.6 Å². The van der Waals surface area contributed by atoms with E-state index in [1.54, 1.807) is 7.11 Å². The fourth-order valence-electron chi connectivity index (χ4n) is 4.77. The largest absolute Gasteiger partial charge is 0.383 e. The zero-order valence-electron chi connectivity index (χ0n) is 22.2. The molecule has 11 heteroatoms. The summed E-state index contributed by atoms with van der Waals surface area (Å²) in [7, 11) is 3.60. The molecule has 3 heterocycles. The van der Waals surface area contributed by atoms with Crippen LogP contribution in [0, 0.1) is 5.41 Å². The Balaban J connectivity index is 1.75. The highest BCUT2D eigenvalue weighted by Crippen LogP contribution is 2.38. The van der Waals surface area contributed by atoms with Crippen LogP contribution in [0.5, 0.6) is 0 Å². The minimum atomic E-state index is -0.549. The van der Waals surface area contributed by atoms with E-state index in [9.17, 15) is 4.79 Å². The van der Waals surface area contributed by atoms with Gasteiger partial charge in [-0.2, -0.15) is 9.97 Å². The summed E-state index contributed by atoms with van der Waals surface area (Å²) < 4.78 is 7.29. The maximum absolute atomic E-state index is 12.1. The Labute approximate surface area is 237 Å². The number of benzene rings is 2. The van der Waals surface area contributed by atoms with E-state index in [0.717, 1.165) is 11.3 Å². The average Bonchev–Trinajstić information content (AvgIpc) is 3.31. The Morgan fingerprint density at radius 1 is 1.08 bits per heavy atom. The Hall–Kier alpha value is -3.40. The van der Waals surface area contributed by atoms with Crippen molar-refractivity contribution in [3.63, 3.8) is 0 Å². The number of halogens is 2. The molecular weight excluding hydrogens is 537 g/mol. The van der Waals surface area contributed by atoms with Gasteiger partial charge >= 0.3 is 0 Å². The summed E-state index contributed by atoms with van der Waals surface area (Å²) in [6, 6.07) is 15.1. The molecule has 1 amide bonds. The van der Waals surface area contributed by atoms with Crippen molar-refractivity contribution in [2.24, 2.45) is 11.1 Å². The van der Waals surface area contributed by atoms with Gasteiger partial charge in [0.15, 0.2) is 17.0 Å². The van der Waals surface area contributed by atoms with E-state index in [1.165, 1.54) is 0 Å². The molecule has 9 nitrogen and oxygen atoms in total. The molecule has 1 saturated heterocycles. The number of anilines is 2. The second kappa shape index (κ2) is 11.0. The molecule has 5 rings (SSSR count). The normalized spacial score (nSPS) is 15.1. The van der Waals surface area contributed by atoms with Gasteiger partial charge in [-0.15, -0.1) is 0 Å². The maximum Gasteiger partial charge on any atom is 0.229 e. The highest BCUT2D eigenvalue weighted by molar-refractivity contribution is 6.33. The zero-order valence-corrected chi connectivity index (χ0v) is 23.7. The van der Waals surface area contributed by atoms with Crippen LogP contribution >= 0.6 is 23.2 Å². The molecule has 1 fully saturated rings. The molecule has 0 aliphatic carbocycles. The van der Waals surface area contributed by atoms with Crippen molar-refractivity contribution in [2.75, 3.05) is 50.2 Å². The molecule has 1 aliphatic heterocycles. The third-order valence-electron chi connectivity index (χ3n) is 7.41. The van der Waals surface area contributed by atoms with Crippen molar-refractivity contribution in [1.82, 2.24) is 19.5 Å². The van der Waals surface area contributed by atoms with Crippen LogP contribution < -0.4 is 15.5 Å². The van der Waals surface area contributed by atoms with Gasteiger partial charge in [-0.25, -0.2) is 4.98 Å². The SMILES string of the molecule is COCCN(C)c1nc(N2CCC(C)(C(N)=O)CC2)c2nc(-c3ccccc3Cl)n(-c3ccc(Cl)cc3)c2n1. The van der Waals surface area contributed by atoms with Crippen LogP contribution in [0.4, 0.5) is 11.8 Å². The summed E-state index contributed by atoms with van der Waals surface area (Å²) in [4.78, 5) is 31.3. The zero-order chi connectivity index (χ0) is 27.7. The molecule has 39 heavy (non-hydrogen) atoms. The predicted octanol–water partition coefficient (Wildman–Crippen LogP) is 4.96. The molecule has 0 bridgehead atoms. The average molecular weight is 569 g/mol. The molecule has 0 saturated carbocycles. The van der Waals surface area contributed by atoms with Crippen molar-refractivity contribution < 1.29 is 9.53 Å². The summed E-state index contributed by atoms with van der Waals surface area (Å²) in [6.07, 6.45) is 1.25. The van der Waals surface area contributed by atoms with Crippen molar-refractivity contribution in [3.8, 4) is 17.1 Å². The van der Waals surface area contributed by atoms with E-state index in [2.05, 4.69) is 4.90 Å². The third-order valence-corrected chi connectivity index (χ3v) is 7.99. The second-order valence-corrected chi connectivity index (χ2v) is 10.9. The quantitative estimate of drug-likeness (QED) is 0.321. The molecule has 2 aromatic carbocycles. The number of imidazole rings is 1. The van der Waals surface area contributed by atoms with Gasteiger partial charge in [0.1, 0.15) is 5.82 Å². The number of amides is 1. The summed E-state index contributed by atoms with van der Waals surface area (Å²) >= 11 is 12.9. The van der Waals surface area contributed by atoms with Gasteiger partial charge in [0.05, 0.1) is 11.6 Å². The number of hydrogen-bond donors (Lipinski definition) is 1. The van der Waals surface area contributed by atoms with Crippen molar-refractivity contribution in [3.05, 3.63) is 58.6 Å². The third kappa shape index (κ3) is 5.26. The first-order chi connectivity index (χ1) is 18.7. The molecule has 2 N–H and O–H groups in total. The van der Waals surface area contributed by atoms with Gasteiger partial charge in [0, 0.05) is 55.5 Å². The lowest BCUT2D eigenvalue weighted by Gasteiger charge is -2.38. The van der Waals surface area contributed by atoms with Crippen LogP contribution in [0.2, 0.25) is 10.0 Å². The van der Waals surface area contributed by atoms with Gasteiger partial charge in [-0.1, -0.05) is 42.3 Å². The smallest absolute Gasteiger partial charge is 0.229 e. The molecular formula is C28H31Cl2N7O2.